The number of nitrogens with zero attached hydrogens (tertiary/aromatic N) is 3. The molecule has 3 aromatic rings. The summed E-state index contributed by atoms with van der Waals surface area (Å²) in [6, 6.07) is 12.4. The molecule has 0 fully saturated rings. The van der Waals surface area contributed by atoms with Gasteiger partial charge in [0, 0.05) is 31.5 Å². The van der Waals surface area contributed by atoms with Crippen molar-refractivity contribution in [3.8, 4) is 17.5 Å². The van der Waals surface area contributed by atoms with E-state index in [1.54, 1.807) is 41.0 Å². The van der Waals surface area contributed by atoms with E-state index in [1.807, 2.05) is 0 Å². The molecule has 180 valence electrons. The largest absolute Gasteiger partial charge is 0.451 e. The molecule has 2 aromatic carbocycles. The Balaban J connectivity index is 1.82. The van der Waals surface area contributed by atoms with Crippen molar-refractivity contribution >= 4 is 20.5 Å². The normalized spacial score (nSPS) is 12.7. The molecule has 35 heavy (non-hydrogen) atoms. The third-order valence-electron chi connectivity index (χ3n) is 5.20. The third-order valence-corrected chi connectivity index (χ3v) is 6.22. The van der Waals surface area contributed by atoms with Crippen LogP contribution in [0.15, 0.2) is 53.8 Å². The standard InChI is InChI=1S/C25H21F4N3O2Si/c1-35(2)11-5-6-16-9-10-20-18(12-16)22(17-7-3-4-8-19(17)26)30-13-21-23(31-15-32(20)21)24(33)34-14-25(27,28)29/h3-4,7-10,12,15,35H,11,13-14H2,1-2H3. The van der Waals surface area contributed by atoms with Crippen LogP contribution in [0, 0.1) is 17.7 Å². The highest BCUT2D eigenvalue weighted by molar-refractivity contribution is 6.56. The van der Waals surface area contributed by atoms with E-state index in [2.05, 4.69) is 39.6 Å². The second-order valence-electron chi connectivity index (χ2n) is 8.38. The first-order chi connectivity index (χ1) is 16.6. The zero-order valence-corrected chi connectivity index (χ0v) is 20.1. The summed E-state index contributed by atoms with van der Waals surface area (Å²) in [5.74, 6) is 4.64. The van der Waals surface area contributed by atoms with E-state index in [1.165, 1.54) is 12.4 Å². The minimum Gasteiger partial charge on any atom is -0.451 e. The molecule has 10 heteroatoms. The van der Waals surface area contributed by atoms with Crippen molar-refractivity contribution in [1.82, 2.24) is 9.55 Å². The average molecular weight is 500 g/mol. The number of ether oxygens (including phenoxy) is 1. The molecule has 1 aliphatic heterocycles. The number of fused-ring (bicyclic) bond motifs is 3. The summed E-state index contributed by atoms with van der Waals surface area (Å²) in [5, 5.41) is 0. The number of rotatable bonds is 4. The van der Waals surface area contributed by atoms with Gasteiger partial charge in [-0.3, -0.25) is 9.56 Å². The van der Waals surface area contributed by atoms with Gasteiger partial charge in [0.1, 0.15) is 12.1 Å². The van der Waals surface area contributed by atoms with E-state index < -0.39 is 33.4 Å². The Morgan fingerprint density at radius 1 is 1.17 bits per heavy atom. The molecule has 0 spiro atoms. The van der Waals surface area contributed by atoms with Gasteiger partial charge in [0.25, 0.3) is 0 Å². The van der Waals surface area contributed by atoms with Crippen molar-refractivity contribution in [2.24, 2.45) is 4.99 Å². The summed E-state index contributed by atoms with van der Waals surface area (Å²) in [7, 11) is -0.854. The van der Waals surface area contributed by atoms with Crippen LogP contribution in [0.4, 0.5) is 17.6 Å². The molecule has 0 saturated carbocycles. The van der Waals surface area contributed by atoms with Crippen LogP contribution < -0.4 is 0 Å². The molecule has 4 rings (SSSR count). The van der Waals surface area contributed by atoms with Gasteiger partial charge in [-0.05, 0) is 30.3 Å². The molecule has 0 aliphatic carbocycles. The summed E-state index contributed by atoms with van der Waals surface area (Å²) < 4.78 is 58.3. The number of aromatic nitrogens is 2. The summed E-state index contributed by atoms with van der Waals surface area (Å²) >= 11 is 0. The molecule has 0 bridgehead atoms. The summed E-state index contributed by atoms with van der Waals surface area (Å²) in [4.78, 5) is 20.9. The summed E-state index contributed by atoms with van der Waals surface area (Å²) in [6.07, 6.45) is -3.33. The zero-order valence-electron chi connectivity index (χ0n) is 19.0. The number of carbonyl (C=O) groups is 1. The van der Waals surface area contributed by atoms with Gasteiger partial charge in [0.2, 0.25) is 0 Å². The van der Waals surface area contributed by atoms with Gasteiger partial charge < -0.3 is 4.74 Å². The van der Waals surface area contributed by atoms with Gasteiger partial charge in [-0.1, -0.05) is 31.1 Å². The smallest absolute Gasteiger partial charge is 0.422 e. The number of hydrogen-bond acceptors (Lipinski definition) is 4. The molecule has 2 heterocycles. The first-order valence-electron chi connectivity index (χ1n) is 10.9. The highest BCUT2D eigenvalue weighted by atomic mass is 28.3. The number of aliphatic imine (C=N–C) groups is 1. The fraction of sp³-hybridized carbons (Fsp3) is 0.240. The van der Waals surface area contributed by atoms with Gasteiger partial charge in [-0.15, -0.1) is 5.92 Å². The minimum absolute atomic E-state index is 0.116. The molecule has 0 unspecified atom stereocenters. The van der Waals surface area contributed by atoms with Gasteiger partial charge in [-0.2, -0.15) is 13.2 Å². The second-order valence-corrected chi connectivity index (χ2v) is 11.6. The average Bonchev–Trinajstić information content (AvgIpc) is 3.15. The first kappa shape index (κ1) is 24.4. The SMILES string of the molecule is C[SiH](C)CC#Cc1ccc2c(c1)C(c1ccccc1F)=NCc1c(C(=O)OCC(F)(F)F)ncn1-2. The van der Waals surface area contributed by atoms with Crippen molar-refractivity contribution in [3.63, 3.8) is 0 Å². The monoisotopic (exact) mass is 499 g/mol. The Labute approximate surface area is 201 Å². The molecular weight excluding hydrogens is 478 g/mol. The van der Waals surface area contributed by atoms with Gasteiger partial charge in [0.05, 0.1) is 23.6 Å². The Kier molecular flexibility index (Phi) is 6.89. The Bertz CT molecular complexity index is 1370. The van der Waals surface area contributed by atoms with E-state index >= 15 is 0 Å². The fourth-order valence-electron chi connectivity index (χ4n) is 3.61. The van der Waals surface area contributed by atoms with E-state index in [4.69, 9.17) is 0 Å². The van der Waals surface area contributed by atoms with Crippen molar-refractivity contribution in [1.29, 1.82) is 0 Å². The van der Waals surface area contributed by atoms with Crippen LogP contribution in [0.1, 0.15) is 32.9 Å². The van der Waals surface area contributed by atoms with Crippen molar-refractivity contribution in [3.05, 3.63) is 82.7 Å². The number of alkyl halides is 3. The molecule has 1 aliphatic rings. The molecule has 1 aromatic heterocycles. The molecule has 0 radical (unpaired) electrons. The molecule has 0 atom stereocenters. The van der Waals surface area contributed by atoms with Crippen molar-refractivity contribution < 1.29 is 27.1 Å². The molecule has 0 saturated heterocycles. The number of esters is 1. The summed E-state index contributed by atoms with van der Waals surface area (Å²) in [5.41, 5.74) is 2.40. The van der Waals surface area contributed by atoms with Crippen LogP contribution >= 0.6 is 0 Å². The maximum atomic E-state index is 14.8. The highest BCUT2D eigenvalue weighted by Gasteiger charge is 2.32. The fourth-order valence-corrected chi connectivity index (χ4v) is 4.12. The molecular formula is C25H21F4N3O2Si. The van der Waals surface area contributed by atoms with Crippen LogP contribution in [0.2, 0.25) is 19.1 Å². The van der Waals surface area contributed by atoms with Crippen molar-refractivity contribution in [2.45, 2.75) is 31.9 Å². The number of hydrogen-bond donors (Lipinski definition) is 0. The Morgan fingerprint density at radius 2 is 1.94 bits per heavy atom. The lowest BCUT2D eigenvalue weighted by Gasteiger charge is -2.13. The predicted molar refractivity (Wildman–Crippen MR) is 126 cm³/mol. The number of benzene rings is 2. The van der Waals surface area contributed by atoms with Crippen molar-refractivity contribution in [2.75, 3.05) is 6.61 Å². The summed E-state index contributed by atoms with van der Waals surface area (Å²) in [6.45, 7) is 2.56. The Hall–Kier alpha value is -3.71. The maximum Gasteiger partial charge on any atom is 0.422 e. The lowest BCUT2D eigenvalue weighted by Crippen LogP contribution is -2.21. The van der Waals surface area contributed by atoms with Gasteiger partial charge >= 0.3 is 12.1 Å². The van der Waals surface area contributed by atoms with E-state index in [-0.39, 0.29) is 23.5 Å². The van der Waals surface area contributed by atoms with E-state index in [0.29, 0.717) is 17.0 Å². The lowest BCUT2D eigenvalue weighted by atomic mass is 9.98. The molecule has 5 nitrogen and oxygen atoms in total. The van der Waals surface area contributed by atoms with Gasteiger partial charge in [-0.25, -0.2) is 14.2 Å². The van der Waals surface area contributed by atoms with Crippen LogP contribution in [-0.2, 0) is 11.3 Å². The lowest BCUT2D eigenvalue weighted by molar-refractivity contribution is -0.161. The van der Waals surface area contributed by atoms with E-state index in [9.17, 15) is 22.4 Å². The van der Waals surface area contributed by atoms with Crippen LogP contribution in [0.5, 0.6) is 0 Å². The maximum absolute atomic E-state index is 14.8. The minimum atomic E-state index is -4.66. The zero-order chi connectivity index (χ0) is 25.2. The number of carbonyl (C=O) groups excluding carboxylic acids is 1. The second kappa shape index (κ2) is 9.88. The first-order valence-corrected chi connectivity index (χ1v) is 14.0. The van der Waals surface area contributed by atoms with Crippen LogP contribution in [-0.4, -0.2) is 42.8 Å². The highest BCUT2D eigenvalue weighted by Crippen LogP contribution is 2.29. The van der Waals surface area contributed by atoms with Crippen LogP contribution in [0.3, 0.4) is 0 Å². The number of halogens is 4. The molecule has 0 N–H and O–H groups in total. The van der Waals surface area contributed by atoms with Crippen LogP contribution in [0.25, 0.3) is 5.69 Å². The number of imidazole rings is 1. The quantitative estimate of drug-likeness (QED) is 0.222. The molecule has 0 amide bonds. The third kappa shape index (κ3) is 5.52. The topological polar surface area (TPSA) is 56.5 Å². The van der Waals surface area contributed by atoms with Gasteiger partial charge in [0.15, 0.2) is 12.3 Å². The van der Waals surface area contributed by atoms with E-state index in [0.717, 1.165) is 11.6 Å². The Morgan fingerprint density at radius 3 is 2.66 bits per heavy atom. The predicted octanol–water partition coefficient (Wildman–Crippen LogP) is 4.92.